The molecule has 2 atom stereocenters. The van der Waals surface area contributed by atoms with E-state index in [-0.39, 0.29) is 10.9 Å². The van der Waals surface area contributed by atoms with Gasteiger partial charge in [0.1, 0.15) is 5.82 Å². The summed E-state index contributed by atoms with van der Waals surface area (Å²) in [6.45, 7) is 3.73. The van der Waals surface area contributed by atoms with Crippen LogP contribution in [0, 0.1) is 18.7 Å². The summed E-state index contributed by atoms with van der Waals surface area (Å²) in [5, 5.41) is 3.22. The molecule has 0 amide bonds. The Labute approximate surface area is 112 Å². The highest BCUT2D eigenvalue weighted by Gasteiger charge is 2.43. The van der Waals surface area contributed by atoms with Crippen molar-refractivity contribution in [3.63, 3.8) is 0 Å². The third kappa shape index (κ3) is 2.07. The number of nitrogens with zero attached hydrogens (tertiary/aromatic N) is 1. The van der Waals surface area contributed by atoms with Gasteiger partial charge in [-0.1, -0.05) is 6.07 Å². The lowest BCUT2D eigenvalue weighted by molar-refractivity contribution is 0.382. The van der Waals surface area contributed by atoms with Crippen molar-refractivity contribution >= 4 is 10.0 Å². The Kier molecular flexibility index (Phi) is 3.11. The largest absolute Gasteiger partial charge is 0.315 e. The molecule has 6 heteroatoms. The second-order valence-corrected chi connectivity index (χ2v) is 7.19. The van der Waals surface area contributed by atoms with Gasteiger partial charge in [-0.3, -0.25) is 0 Å². The smallest absolute Gasteiger partial charge is 0.243 e. The normalized spacial score (nSPS) is 27.7. The highest BCUT2D eigenvalue weighted by atomic mass is 32.2. The summed E-state index contributed by atoms with van der Waals surface area (Å²) in [6.07, 6.45) is 0.880. The first-order chi connectivity index (χ1) is 9.00. The number of halogens is 1. The van der Waals surface area contributed by atoms with Gasteiger partial charge < -0.3 is 5.32 Å². The van der Waals surface area contributed by atoms with E-state index in [1.165, 1.54) is 16.4 Å². The summed E-state index contributed by atoms with van der Waals surface area (Å²) in [5.74, 6) is -0.0774. The molecular formula is C13H17FN2O2S. The average Bonchev–Trinajstić information content (AvgIpc) is 2.94. The SMILES string of the molecule is Cc1ccc(S(=O)(=O)N2CC[C@H]3CNC[C@H]32)cc1F. The monoisotopic (exact) mass is 284 g/mol. The molecule has 2 heterocycles. The van der Waals surface area contributed by atoms with Gasteiger partial charge in [-0.15, -0.1) is 0 Å². The van der Waals surface area contributed by atoms with E-state index in [0.717, 1.165) is 19.0 Å². The van der Waals surface area contributed by atoms with Crippen LogP contribution in [0.3, 0.4) is 0 Å². The minimum atomic E-state index is -3.58. The van der Waals surface area contributed by atoms with Crippen molar-refractivity contribution in [1.82, 2.24) is 9.62 Å². The highest BCUT2D eigenvalue weighted by Crippen LogP contribution is 2.32. The van der Waals surface area contributed by atoms with Gasteiger partial charge in [0.15, 0.2) is 0 Å². The standard InChI is InChI=1S/C13H17FN2O2S/c1-9-2-3-11(6-12(9)14)19(17,18)16-5-4-10-7-15-8-13(10)16/h2-3,6,10,13,15H,4-5,7-8H2,1H3/t10-,13+/m0/s1. The molecule has 0 unspecified atom stereocenters. The van der Waals surface area contributed by atoms with E-state index < -0.39 is 15.8 Å². The minimum Gasteiger partial charge on any atom is -0.315 e. The number of benzene rings is 1. The molecule has 1 aromatic rings. The maximum atomic E-state index is 13.6. The quantitative estimate of drug-likeness (QED) is 0.885. The summed E-state index contributed by atoms with van der Waals surface area (Å²) >= 11 is 0. The van der Waals surface area contributed by atoms with Crippen molar-refractivity contribution < 1.29 is 12.8 Å². The van der Waals surface area contributed by atoms with Crippen LogP contribution in [0.4, 0.5) is 4.39 Å². The fourth-order valence-corrected chi connectivity index (χ4v) is 4.69. The fourth-order valence-electron chi connectivity index (χ4n) is 2.98. The Bertz CT molecular complexity index is 603. The zero-order chi connectivity index (χ0) is 13.6. The highest BCUT2D eigenvalue weighted by molar-refractivity contribution is 7.89. The van der Waals surface area contributed by atoms with Crippen molar-refractivity contribution in [2.24, 2.45) is 5.92 Å². The molecule has 2 saturated heterocycles. The first-order valence-electron chi connectivity index (χ1n) is 6.49. The van der Waals surface area contributed by atoms with Crippen LogP contribution >= 0.6 is 0 Å². The zero-order valence-corrected chi connectivity index (χ0v) is 11.6. The Morgan fingerprint density at radius 3 is 2.89 bits per heavy atom. The summed E-state index contributed by atoms with van der Waals surface area (Å²) in [7, 11) is -3.58. The molecule has 2 aliphatic rings. The van der Waals surface area contributed by atoms with Gasteiger partial charge >= 0.3 is 0 Å². The van der Waals surface area contributed by atoms with Gasteiger partial charge in [0.05, 0.1) is 4.90 Å². The van der Waals surface area contributed by atoms with E-state index in [1.54, 1.807) is 6.92 Å². The van der Waals surface area contributed by atoms with Crippen LogP contribution in [0.1, 0.15) is 12.0 Å². The number of fused-ring (bicyclic) bond motifs is 1. The number of hydrogen-bond acceptors (Lipinski definition) is 3. The number of aryl methyl sites for hydroxylation is 1. The predicted octanol–water partition coefficient (Wildman–Crippen LogP) is 1.12. The summed E-state index contributed by atoms with van der Waals surface area (Å²) < 4.78 is 40.2. The van der Waals surface area contributed by atoms with Gasteiger partial charge in [-0.2, -0.15) is 4.31 Å². The lowest BCUT2D eigenvalue weighted by atomic mass is 10.1. The Balaban J connectivity index is 1.96. The summed E-state index contributed by atoms with van der Waals surface area (Å²) in [6, 6.07) is 4.15. The number of hydrogen-bond donors (Lipinski definition) is 1. The van der Waals surface area contributed by atoms with Gasteiger partial charge in [-0.05, 0) is 43.5 Å². The average molecular weight is 284 g/mol. The van der Waals surface area contributed by atoms with Gasteiger partial charge in [0.25, 0.3) is 0 Å². The maximum Gasteiger partial charge on any atom is 0.243 e. The van der Waals surface area contributed by atoms with Crippen LogP contribution < -0.4 is 5.32 Å². The Hall–Kier alpha value is -0.980. The predicted molar refractivity (Wildman–Crippen MR) is 69.8 cm³/mol. The third-order valence-electron chi connectivity index (χ3n) is 4.14. The molecule has 0 bridgehead atoms. The lowest BCUT2D eigenvalue weighted by Crippen LogP contribution is -2.39. The molecule has 2 fully saturated rings. The van der Waals surface area contributed by atoms with Gasteiger partial charge in [-0.25, -0.2) is 12.8 Å². The van der Waals surface area contributed by atoms with Crippen molar-refractivity contribution in [2.45, 2.75) is 24.3 Å². The molecular weight excluding hydrogens is 267 g/mol. The van der Waals surface area contributed by atoms with Gasteiger partial charge in [0.2, 0.25) is 10.0 Å². The number of sulfonamides is 1. The lowest BCUT2D eigenvalue weighted by Gasteiger charge is -2.22. The first-order valence-corrected chi connectivity index (χ1v) is 7.93. The number of nitrogens with one attached hydrogen (secondary N) is 1. The molecule has 19 heavy (non-hydrogen) atoms. The molecule has 1 aromatic carbocycles. The molecule has 0 aromatic heterocycles. The van der Waals surface area contributed by atoms with E-state index in [0.29, 0.717) is 24.6 Å². The zero-order valence-electron chi connectivity index (χ0n) is 10.8. The minimum absolute atomic E-state index is 0.0226. The second kappa shape index (κ2) is 4.54. The van der Waals surface area contributed by atoms with Crippen molar-refractivity contribution in [3.05, 3.63) is 29.6 Å². The van der Waals surface area contributed by atoms with E-state index in [1.807, 2.05) is 0 Å². The van der Waals surface area contributed by atoms with Crippen LogP contribution in [0.2, 0.25) is 0 Å². The van der Waals surface area contributed by atoms with Crippen molar-refractivity contribution in [3.8, 4) is 0 Å². The van der Waals surface area contributed by atoms with Crippen LogP contribution in [0.25, 0.3) is 0 Å². The summed E-state index contributed by atoms with van der Waals surface area (Å²) in [4.78, 5) is 0.0585. The van der Waals surface area contributed by atoms with E-state index in [9.17, 15) is 12.8 Å². The molecule has 0 spiro atoms. The van der Waals surface area contributed by atoms with Crippen molar-refractivity contribution in [1.29, 1.82) is 0 Å². The van der Waals surface area contributed by atoms with Crippen LogP contribution in [0.15, 0.2) is 23.1 Å². The Morgan fingerprint density at radius 1 is 1.37 bits per heavy atom. The third-order valence-corrected chi connectivity index (χ3v) is 6.06. The second-order valence-electron chi connectivity index (χ2n) is 5.30. The molecule has 4 nitrogen and oxygen atoms in total. The molecule has 0 radical (unpaired) electrons. The molecule has 2 aliphatic heterocycles. The van der Waals surface area contributed by atoms with E-state index in [2.05, 4.69) is 5.32 Å². The summed E-state index contributed by atoms with van der Waals surface area (Å²) in [5.41, 5.74) is 0.459. The van der Waals surface area contributed by atoms with Crippen molar-refractivity contribution in [2.75, 3.05) is 19.6 Å². The fraction of sp³-hybridized carbons (Fsp3) is 0.538. The molecule has 0 aliphatic carbocycles. The molecule has 1 N–H and O–H groups in total. The van der Waals surface area contributed by atoms with Crippen LogP contribution in [0.5, 0.6) is 0 Å². The molecule has 0 saturated carbocycles. The molecule has 3 rings (SSSR count). The van der Waals surface area contributed by atoms with Crippen LogP contribution in [-0.4, -0.2) is 38.4 Å². The van der Waals surface area contributed by atoms with Gasteiger partial charge in [0, 0.05) is 19.1 Å². The number of rotatable bonds is 2. The molecule has 104 valence electrons. The van der Waals surface area contributed by atoms with Crippen LogP contribution in [-0.2, 0) is 10.0 Å². The maximum absolute atomic E-state index is 13.6. The van der Waals surface area contributed by atoms with E-state index >= 15 is 0 Å². The Morgan fingerprint density at radius 2 is 2.16 bits per heavy atom. The van der Waals surface area contributed by atoms with E-state index in [4.69, 9.17) is 0 Å². The topological polar surface area (TPSA) is 49.4 Å². The first kappa shape index (κ1) is 13.0.